The Bertz CT molecular complexity index is 789. The zero-order valence-electron chi connectivity index (χ0n) is 17.6. The summed E-state index contributed by atoms with van der Waals surface area (Å²) < 4.78 is 0. The van der Waals surface area contributed by atoms with Gasteiger partial charge in [0.2, 0.25) is 23.6 Å². The van der Waals surface area contributed by atoms with Gasteiger partial charge in [-0.15, -0.1) is 0 Å². The normalized spacial score (nSPS) is 13.8. The molecule has 0 saturated heterocycles. The Kier molecular flexibility index (Phi) is 9.05. The van der Waals surface area contributed by atoms with Crippen LogP contribution in [-0.2, 0) is 19.2 Å². The molecule has 8 nitrogen and oxygen atoms in total. The second kappa shape index (κ2) is 11.7. The molecule has 0 fully saturated rings. The van der Waals surface area contributed by atoms with Crippen LogP contribution in [0.1, 0.15) is 38.2 Å². The van der Waals surface area contributed by atoms with E-state index in [9.17, 15) is 19.2 Å². The van der Waals surface area contributed by atoms with Gasteiger partial charge in [0.05, 0.1) is 6.54 Å². The molecule has 30 heavy (non-hydrogen) atoms. The maximum atomic E-state index is 12.1. The zero-order valence-corrected chi connectivity index (χ0v) is 17.6. The molecular weight excluding hydrogens is 384 g/mol. The summed E-state index contributed by atoms with van der Waals surface area (Å²) in [6.45, 7) is 4.73. The molecule has 1 heterocycles. The summed E-state index contributed by atoms with van der Waals surface area (Å²) in [5.41, 5.74) is 1.74. The van der Waals surface area contributed by atoms with Crippen LogP contribution in [0.2, 0.25) is 0 Å². The zero-order chi connectivity index (χ0) is 21.9. The predicted molar refractivity (Wildman–Crippen MR) is 115 cm³/mol. The quantitative estimate of drug-likeness (QED) is 0.477. The molecule has 4 amide bonds. The average molecular weight is 415 g/mol. The molecule has 0 bridgehead atoms. The van der Waals surface area contributed by atoms with E-state index in [-0.39, 0.29) is 24.3 Å². The highest BCUT2D eigenvalue weighted by molar-refractivity contribution is 5.97. The van der Waals surface area contributed by atoms with Gasteiger partial charge in [-0.1, -0.05) is 30.2 Å². The summed E-state index contributed by atoms with van der Waals surface area (Å²) in [4.78, 5) is 49.2. The van der Waals surface area contributed by atoms with E-state index in [1.54, 1.807) is 30.0 Å². The molecule has 8 heteroatoms. The highest BCUT2D eigenvalue weighted by Crippen LogP contribution is 2.09. The van der Waals surface area contributed by atoms with E-state index in [2.05, 4.69) is 16.0 Å². The smallest absolute Gasteiger partial charge is 0.246 e. The van der Waals surface area contributed by atoms with Gasteiger partial charge in [0.15, 0.2) is 0 Å². The molecule has 1 aromatic carbocycles. The first-order valence-electron chi connectivity index (χ1n) is 10.2. The van der Waals surface area contributed by atoms with E-state index in [0.29, 0.717) is 31.6 Å². The molecular formula is C22H30N4O4. The molecule has 1 aliphatic rings. The molecule has 2 rings (SSSR count). The molecule has 0 radical (unpaired) electrons. The maximum Gasteiger partial charge on any atom is 0.246 e. The summed E-state index contributed by atoms with van der Waals surface area (Å²) in [6, 6.07) is 6.64. The lowest BCUT2D eigenvalue weighted by molar-refractivity contribution is -0.128. The Morgan fingerprint density at radius 3 is 2.47 bits per heavy atom. The second-order valence-electron chi connectivity index (χ2n) is 7.42. The Hall–Kier alpha value is -3.16. The maximum absolute atomic E-state index is 12.1. The molecule has 3 N–H and O–H groups in total. The Labute approximate surface area is 177 Å². The van der Waals surface area contributed by atoms with Crippen molar-refractivity contribution in [1.82, 2.24) is 15.5 Å². The first kappa shape index (κ1) is 23.1. The van der Waals surface area contributed by atoms with Crippen LogP contribution in [0.15, 0.2) is 36.4 Å². The SMILES string of the molecule is Cc1ccc(NC(=O)[C@H](C)NC(=O)CNC(=O)CCCCCN2CC=CC2=O)cc1. The third-order valence-electron chi connectivity index (χ3n) is 4.77. The summed E-state index contributed by atoms with van der Waals surface area (Å²) in [5.74, 6) is -0.915. The number of hydrogen-bond donors (Lipinski definition) is 3. The topological polar surface area (TPSA) is 108 Å². The van der Waals surface area contributed by atoms with Crippen molar-refractivity contribution in [2.24, 2.45) is 0 Å². The van der Waals surface area contributed by atoms with Crippen LogP contribution < -0.4 is 16.0 Å². The van der Waals surface area contributed by atoms with Crippen LogP contribution in [0.25, 0.3) is 0 Å². The standard InChI is InChI=1S/C22H30N4O4/c1-16-9-11-18(12-10-16)25-22(30)17(2)24-20(28)15-23-19(27)7-4-3-5-13-26-14-6-8-21(26)29/h6,8-12,17H,3-5,7,13-15H2,1-2H3,(H,23,27)(H,24,28)(H,25,30)/t17-/m0/s1. The van der Waals surface area contributed by atoms with E-state index in [0.717, 1.165) is 18.4 Å². The molecule has 1 atom stereocenters. The van der Waals surface area contributed by atoms with Crippen molar-refractivity contribution in [3.05, 3.63) is 42.0 Å². The minimum Gasteiger partial charge on any atom is -0.347 e. The van der Waals surface area contributed by atoms with Crippen molar-refractivity contribution in [3.8, 4) is 0 Å². The number of unbranched alkanes of at least 4 members (excludes halogenated alkanes) is 2. The van der Waals surface area contributed by atoms with E-state index < -0.39 is 11.9 Å². The summed E-state index contributed by atoms with van der Waals surface area (Å²) in [5, 5.41) is 7.87. The number of carbonyl (C=O) groups is 4. The van der Waals surface area contributed by atoms with Gasteiger partial charge in [-0.2, -0.15) is 0 Å². The molecule has 1 aromatic rings. The number of aryl methyl sites for hydroxylation is 1. The van der Waals surface area contributed by atoms with Crippen molar-refractivity contribution in [2.75, 3.05) is 25.0 Å². The minimum absolute atomic E-state index is 0.0422. The predicted octanol–water partition coefficient (Wildman–Crippen LogP) is 1.51. The minimum atomic E-state index is -0.724. The lowest BCUT2D eigenvalue weighted by Crippen LogP contribution is -2.45. The first-order chi connectivity index (χ1) is 14.3. The van der Waals surface area contributed by atoms with E-state index in [4.69, 9.17) is 0 Å². The van der Waals surface area contributed by atoms with Crippen LogP contribution in [0.4, 0.5) is 5.69 Å². The van der Waals surface area contributed by atoms with Gasteiger partial charge in [-0.05, 0) is 38.8 Å². The summed E-state index contributed by atoms with van der Waals surface area (Å²) in [7, 11) is 0. The largest absolute Gasteiger partial charge is 0.347 e. The van der Waals surface area contributed by atoms with Crippen LogP contribution in [-0.4, -0.2) is 54.2 Å². The third-order valence-corrected chi connectivity index (χ3v) is 4.77. The fraction of sp³-hybridized carbons (Fsp3) is 0.455. The molecule has 162 valence electrons. The van der Waals surface area contributed by atoms with Crippen LogP contribution >= 0.6 is 0 Å². The number of nitrogens with one attached hydrogen (secondary N) is 3. The van der Waals surface area contributed by atoms with Gasteiger partial charge in [-0.3, -0.25) is 19.2 Å². The molecule has 0 saturated carbocycles. The number of anilines is 1. The van der Waals surface area contributed by atoms with Crippen LogP contribution in [0, 0.1) is 6.92 Å². The number of carbonyl (C=O) groups excluding carboxylic acids is 4. The highest BCUT2D eigenvalue weighted by Gasteiger charge is 2.16. The van der Waals surface area contributed by atoms with E-state index in [1.807, 2.05) is 25.1 Å². The molecule has 0 aliphatic carbocycles. The number of amides is 4. The van der Waals surface area contributed by atoms with Crippen LogP contribution in [0.5, 0.6) is 0 Å². The lowest BCUT2D eigenvalue weighted by atomic mass is 10.2. The molecule has 0 unspecified atom stereocenters. The van der Waals surface area contributed by atoms with Gasteiger partial charge in [0, 0.05) is 31.3 Å². The monoisotopic (exact) mass is 414 g/mol. The fourth-order valence-electron chi connectivity index (χ4n) is 2.96. The summed E-state index contributed by atoms with van der Waals surface area (Å²) >= 11 is 0. The molecule has 1 aliphatic heterocycles. The second-order valence-corrected chi connectivity index (χ2v) is 7.42. The van der Waals surface area contributed by atoms with Crippen molar-refractivity contribution in [2.45, 2.75) is 45.6 Å². The lowest BCUT2D eigenvalue weighted by Gasteiger charge is -2.15. The fourth-order valence-corrected chi connectivity index (χ4v) is 2.96. The van der Waals surface area contributed by atoms with Crippen LogP contribution in [0.3, 0.4) is 0 Å². The average Bonchev–Trinajstić information content (AvgIpc) is 3.12. The van der Waals surface area contributed by atoms with E-state index >= 15 is 0 Å². The van der Waals surface area contributed by atoms with Crippen molar-refractivity contribution in [3.63, 3.8) is 0 Å². The number of rotatable bonds is 11. The molecule has 0 spiro atoms. The van der Waals surface area contributed by atoms with E-state index in [1.165, 1.54) is 0 Å². The van der Waals surface area contributed by atoms with Gasteiger partial charge in [0.1, 0.15) is 6.04 Å². The first-order valence-corrected chi connectivity index (χ1v) is 10.2. The summed E-state index contributed by atoms with van der Waals surface area (Å²) in [6.07, 6.45) is 6.11. The van der Waals surface area contributed by atoms with Gasteiger partial charge < -0.3 is 20.9 Å². The number of nitrogens with zero attached hydrogens (tertiary/aromatic N) is 1. The van der Waals surface area contributed by atoms with Gasteiger partial charge in [-0.25, -0.2) is 0 Å². The third kappa shape index (κ3) is 8.06. The van der Waals surface area contributed by atoms with Gasteiger partial charge >= 0.3 is 0 Å². The Balaban J connectivity index is 1.55. The van der Waals surface area contributed by atoms with Gasteiger partial charge in [0.25, 0.3) is 0 Å². The van der Waals surface area contributed by atoms with Crippen molar-refractivity contribution >= 4 is 29.3 Å². The van der Waals surface area contributed by atoms with Crippen molar-refractivity contribution in [1.29, 1.82) is 0 Å². The van der Waals surface area contributed by atoms with Crippen molar-refractivity contribution < 1.29 is 19.2 Å². The number of benzene rings is 1. The highest BCUT2D eigenvalue weighted by atomic mass is 16.2. The number of hydrogen-bond acceptors (Lipinski definition) is 4. The Morgan fingerprint density at radius 1 is 1.07 bits per heavy atom. The molecule has 0 aromatic heterocycles. The Morgan fingerprint density at radius 2 is 1.80 bits per heavy atom.